The molecule has 0 saturated carbocycles. The quantitative estimate of drug-likeness (QED) is 0.723. The first-order chi connectivity index (χ1) is 14.0. The van der Waals surface area contributed by atoms with Gasteiger partial charge in [-0.15, -0.1) is 0 Å². The highest BCUT2D eigenvalue weighted by molar-refractivity contribution is 5.96. The molecule has 6 nitrogen and oxygen atoms in total. The van der Waals surface area contributed by atoms with Crippen LogP contribution in [0, 0.1) is 0 Å². The molecule has 2 amide bonds. The van der Waals surface area contributed by atoms with E-state index in [-0.39, 0.29) is 23.4 Å². The summed E-state index contributed by atoms with van der Waals surface area (Å²) in [6.45, 7) is 2.72. The Morgan fingerprint density at radius 2 is 1.93 bits per heavy atom. The molecule has 1 aromatic heterocycles. The number of benzene rings is 2. The number of pyridine rings is 1. The molecule has 6 heteroatoms. The van der Waals surface area contributed by atoms with Crippen molar-refractivity contribution in [3.63, 3.8) is 0 Å². The molecule has 2 aromatic carbocycles. The Bertz CT molecular complexity index is 1140. The number of fused-ring (bicyclic) bond motifs is 1. The number of H-pyrrole nitrogens is 1. The van der Waals surface area contributed by atoms with Gasteiger partial charge in [-0.25, -0.2) is 0 Å². The minimum atomic E-state index is -0.114. The van der Waals surface area contributed by atoms with Crippen molar-refractivity contribution in [2.45, 2.75) is 25.8 Å². The van der Waals surface area contributed by atoms with Crippen LogP contribution in [0.5, 0.6) is 0 Å². The molecule has 1 atom stereocenters. The highest BCUT2D eigenvalue weighted by Crippen LogP contribution is 2.25. The molecule has 29 heavy (non-hydrogen) atoms. The zero-order valence-corrected chi connectivity index (χ0v) is 16.3. The van der Waals surface area contributed by atoms with Crippen molar-refractivity contribution in [1.29, 1.82) is 0 Å². The molecular formula is C23H23N3O3. The third-order valence-electron chi connectivity index (χ3n) is 5.33. The van der Waals surface area contributed by atoms with Gasteiger partial charge >= 0.3 is 0 Å². The van der Waals surface area contributed by atoms with Crippen LogP contribution in [0.2, 0.25) is 0 Å². The molecule has 1 saturated heterocycles. The molecule has 1 unspecified atom stereocenters. The van der Waals surface area contributed by atoms with E-state index in [1.807, 2.05) is 47.4 Å². The van der Waals surface area contributed by atoms with Gasteiger partial charge in [0.2, 0.25) is 5.91 Å². The minimum Gasteiger partial charge on any atom is -0.352 e. The molecule has 3 aromatic rings. The Hall–Kier alpha value is -3.41. The normalized spacial score (nSPS) is 16.6. The van der Waals surface area contributed by atoms with Gasteiger partial charge in [-0.1, -0.05) is 18.2 Å². The van der Waals surface area contributed by atoms with Crippen LogP contribution >= 0.6 is 0 Å². The Balaban J connectivity index is 1.59. The molecule has 0 radical (unpaired) electrons. The van der Waals surface area contributed by atoms with Gasteiger partial charge in [0.15, 0.2) is 0 Å². The molecule has 0 aliphatic carbocycles. The van der Waals surface area contributed by atoms with Crippen molar-refractivity contribution in [2.75, 3.05) is 13.1 Å². The lowest BCUT2D eigenvalue weighted by atomic mass is 9.99. The maximum Gasteiger partial charge on any atom is 0.255 e. The summed E-state index contributed by atoms with van der Waals surface area (Å²) in [6, 6.07) is 15.1. The number of nitrogens with one attached hydrogen (secondary N) is 2. The Morgan fingerprint density at radius 3 is 2.76 bits per heavy atom. The van der Waals surface area contributed by atoms with Gasteiger partial charge in [0.1, 0.15) is 0 Å². The van der Waals surface area contributed by atoms with Gasteiger partial charge < -0.3 is 15.2 Å². The van der Waals surface area contributed by atoms with Crippen molar-refractivity contribution >= 4 is 22.6 Å². The van der Waals surface area contributed by atoms with Crippen LogP contribution in [0.4, 0.5) is 0 Å². The van der Waals surface area contributed by atoms with Crippen LogP contribution < -0.4 is 10.9 Å². The van der Waals surface area contributed by atoms with E-state index in [2.05, 4.69) is 10.3 Å². The molecule has 1 fully saturated rings. The number of carbonyl (C=O) groups is 2. The lowest BCUT2D eigenvalue weighted by molar-refractivity contribution is -0.120. The molecule has 1 aliphatic rings. The zero-order chi connectivity index (χ0) is 20.4. The summed E-state index contributed by atoms with van der Waals surface area (Å²) in [5.41, 5.74) is 2.38. The van der Waals surface area contributed by atoms with E-state index in [0.29, 0.717) is 24.0 Å². The van der Waals surface area contributed by atoms with Crippen molar-refractivity contribution in [1.82, 2.24) is 15.2 Å². The number of aromatic amines is 1. The summed E-state index contributed by atoms with van der Waals surface area (Å²) >= 11 is 0. The van der Waals surface area contributed by atoms with Crippen LogP contribution in [0.1, 0.15) is 30.1 Å². The van der Waals surface area contributed by atoms with E-state index in [9.17, 15) is 14.4 Å². The first kappa shape index (κ1) is 18.9. The molecule has 0 bridgehead atoms. The Morgan fingerprint density at radius 1 is 1.10 bits per heavy atom. The summed E-state index contributed by atoms with van der Waals surface area (Å²) in [7, 11) is 0. The van der Waals surface area contributed by atoms with E-state index in [1.165, 1.54) is 6.92 Å². The smallest absolute Gasteiger partial charge is 0.255 e. The second-order valence-corrected chi connectivity index (χ2v) is 7.48. The summed E-state index contributed by atoms with van der Waals surface area (Å²) in [5, 5.41) is 4.41. The summed E-state index contributed by atoms with van der Waals surface area (Å²) in [4.78, 5) is 40.8. The zero-order valence-electron chi connectivity index (χ0n) is 16.3. The lowest BCUT2D eigenvalue weighted by Crippen LogP contribution is -2.49. The molecule has 148 valence electrons. The lowest BCUT2D eigenvalue weighted by Gasteiger charge is -2.33. The third kappa shape index (κ3) is 4.06. The first-order valence-electron chi connectivity index (χ1n) is 9.79. The third-order valence-corrected chi connectivity index (χ3v) is 5.33. The highest BCUT2D eigenvalue weighted by atomic mass is 16.2. The number of piperidine rings is 1. The number of nitrogens with zero attached hydrogens (tertiary/aromatic N) is 1. The average molecular weight is 389 g/mol. The average Bonchev–Trinajstić information content (AvgIpc) is 2.73. The topological polar surface area (TPSA) is 82.3 Å². The van der Waals surface area contributed by atoms with Gasteiger partial charge in [-0.05, 0) is 59.7 Å². The number of hydrogen-bond acceptors (Lipinski definition) is 3. The van der Waals surface area contributed by atoms with Gasteiger partial charge in [-0.3, -0.25) is 14.4 Å². The minimum absolute atomic E-state index is 0.00645. The van der Waals surface area contributed by atoms with Crippen LogP contribution in [-0.2, 0) is 4.79 Å². The number of amides is 2. The Labute approximate surface area is 168 Å². The second kappa shape index (κ2) is 7.91. The molecule has 2 heterocycles. The van der Waals surface area contributed by atoms with Crippen LogP contribution in [-0.4, -0.2) is 40.8 Å². The van der Waals surface area contributed by atoms with Crippen molar-refractivity contribution in [2.24, 2.45) is 0 Å². The molecular weight excluding hydrogens is 366 g/mol. The van der Waals surface area contributed by atoms with Gasteiger partial charge in [-0.2, -0.15) is 0 Å². The Kier molecular flexibility index (Phi) is 5.16. The fraction of sp³-hybridized carbons (Fsp3) is 0.261. The van der Waals surface area contributed by atoms with E-state index in [4.69, 9.17) is 0 Å². The molecule has 0 spiro atoms. The maximum atomic E-state index is 13.0. The van der Waals surface area contributed by atoms with E-state index in [0.717, 1.165) is 29.4 Å². The maximum absolute atomic E-state index is 13.0. The first-order valence-corrected chi connectivity index (χ1v) is 9.79. The van der Waals surface area contributed by atoms with Crippen molar-refractivity contribution in [3.05, 3.63) is 70.6 Å². The molecule has 4 rings (SSSR count). The second-order valence-electron chi connectivity index (χ2n) is 7.48. The van der Waals surface area contributed by atoms with Gasteiger partial charge in [0, 0.05) is 43.2 Å². The number of carbonyl (C=O) groups excluding carboxylic acids is 2. The largest absolute Gasteiger partial charge is 0.352 e. The number of rotatable bonds is 3. The molecule has 2 N–H and O–H groups in total. The van der Waals surface area contributed by atoms with Crippen LogP contribution in [0.3, 0.4) is 0 Å². The van der Waals surface area contributed by atoms with E-state index < -0.39 is 0 Å². The van der Waals surface area contributed by atoms with Gasteiger partial charge in [0.25, 0.3) is 11.5 Å². The predicted octanol–water partition coefficient (Wildman–Crippen LogP) is 2.94. The van der Waals surface area contributed by atoms with E-state index in [1.54, 1.807) is 12.3 Å². The fourth-order valence-corrected chi connectivity index (χ4v) is 3.95. The number of hydrogen-bond donors (Lipinski definition) is 2. The standard InChI is InChI=1S/C23H23N3O3/c1-15(27)25-20-6-3-11-26(14-20)23(29)19-5-2-4-16(13-19)17-7-8-21-18(12-17)9-10-24-22(21)28/h2,4-5,7-10,12-13,20H,3,6,11,14H2,1H3,(H,24,28)(H,25,27). The van der Waals surface area contributed by atoms with E-state index >= 15 is 0 Å². The fourth-order valence-electron chi connectivity index (χ4n) is 3.95. The van der Waals surface area contributed by atoms with Gasteiger partial charge in [0.05, 0.1) is 0 Å². The monoisotopic (exact) mass is 389 g/mol. The summed E-state index contributed by atoms with van der Waals surface area (Å²) in [6.07, 6.45) is 3.39. The highest BCUT2D eigenvalue weighted by Gasteiger charge is 2.25. The van der Waals surface area contributed by atoms with Crippen LogP contribution in [0.15, 0.2) is 59.5 Å². The number of likely N-dealkylation sites (tertiary alicyclic amines) is 1. The van der Waals surface area contributed by atoms with Crippen LogP contribution in [0.25, 0.3) is 21.9 Å². The predicted molar refractivity (Wildman–Crippen MR) is 113 cm³/mol. The molecule has 1 aliphatic heterocycles. The summed E-state index contributed by atoms with van der Waals surface area (Å²) < 4.78 is 0. The number of aromatic nitrogens is 1. The SMILES string of the molecule is CC(=O)NC1CCCN(C(=O)c2cccc(-c3ccc4c(=O)[nH]ccc4c3)c2)C1. The summed E-state index contributed by atoms with van der Waals surface area (Å²) in [5.74, 6) is -0.0967. The van der Waals surface area contributed by atoms with Crippen molar-refractivity contribution in [3.8, 4) is 11.1 Å². The van der Waals surface area contributed by atoms with Crippen molar-refractivity contribution < 1.29 is 9.59 Å².